The van der Waals surface area contributed by atoms with Crippen molar-refractivity contribution in [2.24, 2.45) is 5.10 Å². The van der Waals surface area contributed by atoms with Crippen LogP contribution in [0.3, 0.4) is 0 Å². The van der Waals surface area contributed by atoms with Gasteiger partial charge >= 0.3 is 5.69 Å². The first-order valence-corrected chi connectivity index (χ1v) is 10.1. The van der Waals surface area contributed by atoms with E-state index in [9.17, 15) is 14.9 Å². The largest absolute Gasteiger partial charge is 0.493 e. The van der Waals surface area contributed by atoms with Crippen LogP contribution >= 0.6 is 0 Å². The van der Waals surface area contributed by atoms with Crippen LogP contribution in [0.2, 0.25) is 0 Å². The summed E-state index contributed by atoms with van der Waals surface area (Å²) in [5.74, 6) is 0.583. The summed E-state index contributed by atoms with van der Waals surface area (Å²) in [7, 11) is 1.40. The van der Waals surface area contributed by atoms with Crippen LogP contribution in [0.25, 0.3) is 22.3 Å². The maximum Gasteiger partial charge on any atom is 0.315 e. The summed E-state index contributed by atoms with van der Waals surface area (Å²) < 4.78 is 11.9. The van der Waals surface area contributed by atoms with Gasteiger partial charge in [-0.2, -0.15) is 9.78 Å². The molecule has 1 heterocycles. The molecule has 0 amide bonds. The maximum absolute atomic E-state index is 13.2. The highest BCUT2D eigenvalue weighted by Crippen LogP contribution is 2.38. The number of hydrogen-bond donors (Lipinski definition) is 0. The molecule has 9 nitrogen and oxygen atoms in total. The molecule has 4 aromatic rings. The molecule has 0 aliphatic carbocycles. The molecule has 33 heavy (non-hydrogen) atoms. The van der Waals surface area contributed by atoms with E-state index in [2.05, 4.69) is 10.1 Å². The molecule has 0 unspecified atom stereocenters. The lowest BCUT2D eigenvalue weighted by Gasteiger charge is -2.11. The molecule has 3 aromatic carbocycles. The monoisotopic (exact) mass is 444 g/mol. The highest BCUT2D eigenvalue weighted by molar-refractivity contribution is 5.84. The van der Waals surface area contributed by atoms with E-state index in [0.717, 1.165) is 0 Å². The molecule has 9 heteroatoms. The second-order valence-corrected chi connectivity index (χ2v) is 6.94. The van der Waals surface area contributed by atoms with E-state index in [1.165, 1.54) is 24.1 Å². The van der Waals surface area contributed by atoms with E-state index in [1.807, 2.05) is 36.4 Å². The Labute approximate surface area is 188 Å². The van der Waals surface area contributed by atoms with Gasteiger partial charge in [0.1, 0.15) is 0 Å². The zero-order valence-corrected chi connectivity index (χ0v) is 18.0. The smallest absolute Gasteiger partial charge is 0.315 e. The highest BCUT2D eigenvalue weighted by Gasteiger charge is 2.22. The zero-order chi connectivity index (χ0) is 23.4. The minimum Gasteiger partial charge on any atom is -0.493 e. The van der Waals surface area contributed by atoms with E-state index in [4.69, 9.17) is 9.47 Å². The molecular formula is C24H20N4O5. The summed E-state index contributed by atoms with van der Waals surface area (Å²) in [4.78, 5) is 28.9. The van der Waals surface area contributed by atoms with Crippen molar-refractivity contribution in [1.29, 1.82) is 0 Å². The average Bonchev–Trinajstić information content (AvgIpc) is 2.84. The van der Waals surface area contributed by atoms with E-state index in [-0.39, 0.29) is 29.4 Å². The van der Waals surface area contributed by atoms with Gasteiger partial charge in [0.05, 0.1) is 35.8 Å². The third kappa shape index (κ3) is 4.29. The SMILES string of the molecule is CCOc1c(OC)cc(C=Nn2c(-c3ccccc3)nc3ccccc3c2=O)cc1[N+](=O)[O-]. The van der Waals surface area contributed by atoms with Crippen LogP contribution in [0.1, 0.15) is 12.5 Å². The summed E-state index contributed by atoms with van der Waals surface area (Å²) in [6, 6.07) is 19.1. The van der Waals surface area contributed by atoms with Crippen molar-refractivity contribution >= 4 is 22.8 Å². The van der Waals surface area contributed by atoms with Crippen LogP contribution in [0, 0.1) is 10.1 Å². The number of rotatable bonds is 7. The fourth-order valence-corrected chi connectivity index (χ4v) is 3.39. The Kier molecular flexibility index (Phi) is 6.12. The van der Waals surface area contributed by atoms with Crippen molar-refractivity contribution in [1.82, 2.24) is 9.66 Å². The van der Waals surface area contributed by atoms with Crippen molar-refractivity contribution in [3.8, 4) is 22.9 Å². The molecule has 0 radical (unpaired) electrons. The number of fused-ring (bicyclic) bond motifs is 1. The second-order valence-electron chi connectivity index (χ2n) is 6.94. The molecule has 4 rings (SSSR count). The summed E-state index contributed by atoms with van der Waals surface area (Å²) in [6.07, 6.45) is 1.36. The van der Waals surface area contributed by atoms with Crippen LogP contribution < -0.4 is 15.0 Å². The third-order valence-corrected chi connectivity index (χ3v) is 4.87. The molecule has 166 valence electrons. The van der Waals surface area contributed by atoms with Gasteiger partial charge in [-0.05, 0) is 25.1 Å². The molecule has 0 fully saturated rings. The molecule has 0 spiro atoms. The zero-order valence-electron chi connectivity index (χ0n) is 18.0. The number of benzene rings is 3. The van der Waals surface area contributed by atoms with Crippen LogP contribution in [-0.2, 0) is 0 Å². The van der Waals surface area contributed by atoms with Crippen LogP contribution in [0.5, 0.6) is 11.5 Å². The van der Waals surface area contributed by atoms with Gasteiger partial charge in [0.15, 0.2) is 11.6 Å². The molecule has 0 N–H and O–H groups in total. The van der Waals surface area contributed by atoms with Crippen molar-refractivity contribution < 1.29 is 14.4 Å². The minimum absolute atomic E-state index is 0.0386. The number of nitrogens with zero attached hydrogens (tertiary/aromatic N) is 4. The van der Waals surface area contributed by atoms with Crippen LogP contribution in [0.15, 0.2) is 76.6 Å². The number of hydrogen-bond acceptors (Lipinski definition) is 7. The fraction of sp³-hybridized carbons (Fsp3) is 0.125. The van der Waals surface area contributed by atoms with E-state index in [0.29, 0.717) is 27.9 Å². The topological polar surface area (TPSA) is 109 Å². The predicted molar refractivity (Wildman–Crippen MR) is 125 cm³/mol. The Balaban J connectivity index is 1.90. The Morgan fingerprint density at radius 2 is 1.85 bits per heavy atom. The first-order chi connectivity index (χ1) is 16.0. The summed E-state index contributed by atoms with van der Waals surface area (Å²) in [6.45, 7) is 1.96. The quantitative estimate of drug-likeness (QED) is 0.239. The number of ether oxygens (including phenoxy) is 2. The summed E-state index contributed by atoms with van der Waals surface area (Å²) in [5.41, 5.74) is 0.994. The van der Waals surface area contributed by atoms with Crippen molar-refractivity contribution in [3.63, 3.8) is 0 Å². The Morgan fingerprint density at radius 1 is 1.12 bits per heavy atom. The number of aromatic nitrogens is 2. The van der Waals surface area contributed by atoms with Crippen molar-refractivity contribution in [3.05, 3.63) is 92.8 Å². The molecule has 0 bridgehead atoms. The van der Waals surface area contributed by atoms with E-state index < -0.39 is 4.92 Å². The Morgan fingerprint density at radius 3 is 2.55 bits per heavy atom. The number of nitro benzene ring substituents is 1. The van der Waals surface area contributed by atoms with Crippen LogP contribution in [0.4, 0.5) is 5.69 Å². The summed E-state index contributed by atoms with van der Waals surface area (Å²) in [5, 5.41) is 16.3. The normalized spacial score (nSPS) is 11.1. The van der Waals surface area contributed by atoms with Gasteiger partial charge < -0.3 is 9.47 Å². The number of para-hydroxylation sites is 1. The van der Waals surface area contributed by atoms with Gasteiger partial charge in [0, 0.05) is 17.2 Å². The average molecular weight is 444 g/mol. The van der Waals surface area contributed by atoms with Gasteiger partial charge in [-0.1, -0.05) is 42.5 Å². The molecule has 0 saturated heterocycles. The number of nitro groups is 1. The lowest BCUT2D eigenvalue weighted by atomic mass is 10.2. The molecule has 0 aliphatic rings. The Hall–Kier alpha value is -4.53. The predicted octanol–water partition coefficient (Wildman–Crippen LogP) is 4.26. The second kappa shape index (κ2) is 9.31. The molecule has 0 atom stereocenters. The van der Waals surface area contributed by atoms with Gasteiger partial charge in [-0.25, -0.2) is 4.98 Å². The van der Waals surface area contributed by atoms with Gasteiger partial charge in [-0.3, -0.25) is 14.9 Å². The van der Waals surface area contributed by atoms with E-state index >= 15 is 0 Å². The molecule has 1 aromatic heterocycles. The third-order valence-electron chi connectivity index (χ3n) is 4.87. The van der Waals surface area contributed by atoms with Gasteiger partial charge in [0.2, 0.25) is 5.75 Å². The summed E-state index contributed by atoms with van der Waals surface area (Å²) >= 11 is 0. The van der Waals surface area contributed by atoms with Crippen molar-refractivity contribution in [2.75, 3.05) is 13.7 Å². The fourth-order valence-electron chi connectivity index (χ4n) is 3.39. The lowest BCUT2D eigenvalue weighted by molar-refractivity contribution is -0.385. The minimum atomic E-state index is -0.552. The van der Waals surface area contributed by atoms with E-state index in [1.54, 1.807) is 31.2 Å². The molecular weight excluding hydrogens is 424 g/mol. The Bertz CT molecular complexity index is 1410. The molecule has 0 aliphatic heterocycles. The van der Waals surface area contributed by atoms with Gasteiger partial charge in [-0.15, -0.1) is 0 Å². The standard InChI is InChI=1S/C24H20N4O5/c1-3-33-22-20(28(30)31)13-16(14-21(22)32-2)15-25-27-23(17-9-5-4-6-10-17)26-19-12-8-7-11-18(19)24(27)29/h4-15H,3H2,1-2H3. The maximum atomic E-state index is 13.2. The lowest BCUT2D eigenvalue weighted by Crippen LogP contribution is -2.20. The number of methoxy groups -OCH3 is 1. The first-order valence-electron chi connectivity index (χ1n) is 10.1. The highest BCUT2D eigenvalue weighted by atomic mass is 16.6. The van der Waals surface area contributed by atoms with Gasteiger partial charge in [0.25, 0.3) is 5.56 Å². The van der Waals surface area contributed by atoms with Crippen molar-refractivity contribution in [2.45, 2.75) is 6.92 Å². The molecule has 0 saturated carbocycles. The van der Waals surface area contributed by atoms with Crippen LogP contribution in [-0.4, -0.2) is 34.5 Å². The first kappa shape index (κ1) is 21.7.